The lowest BCUT2D eigenvalue weighted by Gasteiger charge is -2.16. The highest BCUT2D eigenvalue weighted by atomic mass is 79.9. The molecule has 0 aliphatic heterocycles. The van der Waals surface area contributed by atoms with Crippen LogP contribution < -0.4 is 15.0 Å². The molecule has 3 rings (SSSR count). The van der Waals surface area contributed by atoms with E-state index in [1.807, 2.05) is 32.9 Å². The number of nitrogens with zero attached hydrogens (tertiary/aromatic N) is 3. The topological polar surface area (TPSA) is 65.7 Å². The van der Waals surface area contributed by atoms with Gasteiger partial charge in [-0.15, -0.1) is 6.42 Å². The van der Waals surface area contributed by atoms with Gasteiger partial charge in [0.15, 0.2) is 11.5 Å². The van der Waals surface area contributed by atoms with Crippen LogP contribution in [0.2, 0.25) is 5.02 Å². The summed E-state index contributed by atoms with van der Waals surface area (Å²) in [7, 11) is 0. The van der Waals surface area contributed by atoms with Crippen LogP contribution in [0, 0.1) is 12.3 Å². The smallest absolute Gasteiger partial charge is 0.282 e. The molecule has 0 saturated carbocycles. The van der Waals surface area contributed by atoms with Gasteiger partial charge in [-0.2, -0.15) is 9.78 Å². The van der Waals surface area contributed by atoms with E-state index in [4.69, 9.17) is 32.5 Å². The quantitative estimate of drug-likeness (QED) is 0.224. The molecule has 0 bridgehead atoms. The van der Waals surface area contributed by atoms with Crippen LogP contribution in [0.1, 0.15) is 44.5 Å². The molecule has 2 aromatic carbocycles. The maximum atomic E-state index is 13.3. The highest BCUT2D eigenvalue weighted by Gasteiger charge is 2.19. The summed E-state index contributed by atoms with van der Waals surface area (Å²) < 4.78 is 13.9. The van der Waals surface area contributed by atoms with E-state index in [-0.39, 0.29) is 18.1 Å². The van der Waals surface area contributed by atoms with Gasteiger partial charge in [0, 0.05) is 20.4 Å². The lowest BCUT2D eigenvalue weighted by atomic mass is 10.1. The van der Waals surface area contributed by atoms with Crippen molar-refractivity contribution in [2.75, 3.05) is 13.2 Å². The zero-order valence-electron chi connectivity index (χ0n) is 18.4. The van der Waals surface area contributed by atoms with Crippen molar-refractivity contribution in [3.05, 3.63) is 60.0 Å². The SMILES string of the molecule is C#CCOc1c(OCC)cc(C=Nn2c([C@@H](C)CC)nc3ccc(Br)cc3c2=O)c(Br)c1Cl. The van der Waals surface area contributed by atoms with Gasteiger partial charge in [-0.05, 0) is 53.5 Å². The summed E-state index contributed by atoms with van der Waals surface area (Å²) in [6.45, 7) is 6.35. The highest BCUT2D eigenvalue weighted by Crippen LogP contribution is 2.42. The lowest BCUT2D eigenvalue weighted by Crippen LogP contribution is -2.23. The van der Waals surface area contributed by atoms with Gasteiger partial charge in [0.05, 0.1) is 23.7 Å². The third kappa shape index (κ3) is 5.43. The van der Waals surface area contributed by atoms with Crippen LogP contribution in [0.3, 0.4) is 0 Å². The Kier molecular flexibility index (Phi) is 8.57. The summed E-state index contributed by atoms with van der Waals surface area (Å²) in [6.07, 6.45) is 7.66. The number of benzene rings is 2. The first-order valence-corrected chi connectivity index (χ1v) is 12.3. The van der Waals surface area contributed by atoms with Crippen molar-refractivity contribution in [2.24, 2.45) is 5.10 Å². The van der Waals surface area contributed by atoms with Crippen molar-refractivity contribution in [3.8, 4) is 23.8 Å². The molecule has 0 aliphatic rings. The summed E-state index contributed by atoms with van der Waals surface area (Å²) in [5, 5.41) is 5.27. The monoisotopic (exact) mass is 593 g/mol. The summed E-state index contributed by atoms with van der Waals surface area (Å²) in [5.41, 5.74) is 0.977. The van der Waals surface area contributed by atoms with Crippen molar-refractivity contribution in [1.29, 1.82) is 0 Å². The van der Waals surface area contributed by atoms with E-state index in [1.54, 1.807) is 18.3 Å². The minimum Gasteiger partial charge on any atom is -0.490 e. The second-order valence-corrected chi connectivity index (χ2v) is 9.24. The molecule has 6 nitrogen and oxygen atoms in total. The maximum absolute atomic E-state index is 13.3. The molecule has 1 heterocycles. The van der Waals surface area contributed by atoms with Crippen LogP contribution in [0.5, 0.6) is 11.5 Å². The summed E-state index contributed by atoms with van der Waals surface area (Å²) in [5.74, 6) is 3.79. The van der Waals surface area contributed by atoms with Crippen molar-refractivity contribution in [3.63, 3.8) is 0 Å². The number of hydrogen-bond acceptors (Lipinski definition) is 5. The van der Waals surface area contributed by atoms with Gasteiger partial charge in [0.1, 0.15) is 17.5 Å². The van der Waals surface area contributed by atoms with E-state index in [9.17, 15) is 4.79 Å². The molecule has 0 N–H and O–H groups in total. The number of aromatic nitrogens is 2. The summed E-state index contributed by atoms with van der Waals surface area (Å²) in [4.78, 5) is 18.0. The lowest BCUT2D eigenvalue weighted by molar-refractivity contribution is 0.299. The Morgan fingerprint density at radius 1 is 1.30 bits per heavy atom. The van der Waals surface area contributed by atoms with E-state index < -0.39 is 0 Å². The van der Waals surface area contributed by atoms with Crippen LogP contribution in [0.15, 0.2) is 43.1 Å². The Balaban J connectivity index is 2.18. The molecule has 172 valence electrons. The maximum Gasteiger partial charge on any atom is 0.282 e. The predicted molar refractivity (Wildman–Crippen MR) is 140 cm³/mol. The van der Waals surface area contributed by atoms with E-state index in [1.165, 1.54) is 4.68 Å². The van der Waals surface area contributed by atoms with Crippen LogP contribution >= 0.6 is 43.5 Å². The van der Waals surface area contributed by atoms with E-state index in [0.29, 0.717) is 49.9 Å². The third-order valence-electron chi connectivity index (χ3n) is 4.95. The Morgan fingerprint density at radius 3 is 2.73 bits per heavy atom. The molecular formula is C24H22Br2ClN3O3. The van der Waals surface area contributed by atoms with Crippen molar-refractivity contribution in [2.45, 2.75) is 33.1 Å². The Bertz CT molecular complexity index is 1320. The van der Waals surface area contributed by atoms with Gasteiger partial charge in [-0.25, -0.2) is 4.98 Å². The number of hydrogen-bond donors (Lipinski definition) is 0. The average Bonchev–Trinajstić information content (AvgIpc) is 2.81. The fourth-order valence-electron chi connectivity index (χ4n) is 3.11. The van der Waals surface area contributed by atoms with Crippen molar-refractivity contribution < 1.29 is 9.47 Å². The largest absolute Gasteiger partial charge is 0.490 e. The second-order valence-electron chi connectivity index (χ2n) is 7.15. The molecular weight excluding hydrogens is 574 g/mol. The first kappa shape index (κ1) is 25.3. The van der Waals surface area contributed by atoms with Crippen LogP contribution in [0.25, 0.3) is 10.9 Å². The van der Waals surface area contributed by atoms with Crippen LogP contribution in [0.4, 0.5) is 0 Å². The van der Waals surface area contributed by atoms with Gasteiger partial charge in [0.2, 0.25) is 0 Å². The Morgan fingerprint density at radius 2 is 2.06 bits per heavy atom. The van der Waals surface area contributed by atoms with Crippen LogP contribution in [-0.2, 0) is 0 Å². The van der Waals surface area contributed by atoms with Gasteiger partial charge in [0.25, 0.3) is 5.56 Å². The third-order valence-corrected chi connectivity index (χ3v) is 6.89. The Labute approximate surface area is 214 Å². The van der Waals surface area contributed by atoms with Crippen LogP contribution in [-0.4, -0.2) is 29.1 Å². The summed E-state index contributed by atoms with van der Waals surface area (Å²) >= 11 is 13.4. The molecule has 0 fully saturated rings. The molecule has 1 atom stereocenters. The first-order chi connectivity index (χ1) is 15.8. The zero-order valence-corrected chi connectivity index (χ0v) is 22.3. The minimum absolute atomic E-state index is 0.0217. The average molecular weight is 596 g/mol. The van der Waals surface area contributed by atoms with Gasteiger partial charge >= 0.3 is 0 Å². The van der Waals surface area contributed by atoms with Gasteiger partial charge in [-0.1, -0.05) is 47.3 Å². The highest BCUT2D eigenvalue weighted by molar-refractivity contribution is 9.10. The normalized spacial score (nSPS) is 12.2. The van der Waals surface area contributed by atoms with E-state index in [2.05, 4.69) is 42.9 Å². The number of rotatable bonds is 8. The van der Waals surface area contributed by atoms with Crippen molar-refractivity contribution in [1.82, 2.24) is 9.66 Å². The Hall–Kier alpha value is -2.34. The molecule has 0 unspecified atom stereocenters. The molecule has 1 aromatic heterocycles. The number of fused-ring (bicyclic) bond motifs is 1. The minimum atomic E-state index is -0.255. The van der Waals surface area contributed by atoms with Gasteiger partial charge in [-0.3, -0.25) is 4.79 Å². The van der Waals surface area contributed by atoms with E-state index in [0.717, 1.165) is 10.9 Å². The standard InChI is InChI=1S/C24H22Br2ClN3O3/c1-5-10-33-22-19(32-7-3)11-15(20(26)21(22)27)13-28-30-23(14(4)6-2)29-18-9-8-16(25)12-17(18)24(30)31/h1,8-9,11-14H,6-7,10H2,2-4H3/t14-/m0/s1. The molecule has 0 spiro atoms. The number of terminal acetylenes is 1. The number of ether oxygens (including phenoxy) is 2. The zero-order chi connectivity index (χ0) is 24.1. The predicted octanol–water partition coefficient (Wildman–Crippen LogP) is 6.38. The molecule has 3 aromatic rings. The first-order valence-electron chi connectivity index (χ1n) is 10.3. The molecule has 0 saturated heterocycles. The molecule has 0 aliphatic carbocycles. The summed E-state index contributed by atoms with van der Waals surface area (Å²) in [6, 6.07) is 7.16. The van der Waals surface area contributed by atoms with E-state index >= 15 is 0 Å². The molecule has 9 heteroatoms. The molecule has 0 amide bonds. The molecule has 0 radical (unpaired) electrons. The molecule has 33 heavy (non-hydrogen) atoms. The fraction of sp³-hybridized carbons (Fsp3) is 0.292. The fourth-order valence-corrected chi connectivity index (χ4v) is 4.12. The second kappa shape index (κ2) is 11.2. The van der Waals surface area contributed by atoms with Crippen molar-refractivity contribution >= 4 is 60.6 Å². The van der Waals surface area contributed by atoms with Gasteiger partial charge < -0.3 is 9.47 Å². The number of halogens is 3.